The van der Waals surface area contributed by atoms with Crippen LogP contribution in [0.25, 0.3) is 5.65 Å². The molecule has 0 spiro atoms. The second-order valence-corrected chi connectivity index (χ2v) is 2.70. The van der Waals surface area contributed by atoms with Gasteiger partial charge < -0.3 is 5.11 Å². The molecule has 13 heavy (non-hydrogen) atoms. The van der Waals surface area contributed by atoms with Crippen LogP contribution in [0.5, 0.6) is 0 Å². The normalized spacial score (nSPS) is 10.5. The zero-order valence-electron chi connectivity index (χ0n) is 6.93. The minimum Gasteiger partial charge on any atom is -0.475 e. The fourth-order valence-corrected chi connectivity index (χ4v) is 1.13. The first-order chi connectivity index (χ1) is 6.18. The molecule has 0 atom stereocenters. The van der Waals surface area contributed by atoms with Crippen LogP contribution < -0.4 is 0 Å². The van der Waals surface area contributed by atoms with Crippen LogP contribution in [0.4, 0.5) is 0 Å². The highest BCUT2D eigenvalue weighted by Crippen LogP contribution is 2.06. The Morgan fingerprint density at radius 1 is 1.62 bits per heavy atom. The van der Waals surface area contributed by atoms with Crippen LogP contribution in [-0.4, -0.2) is 25.7 Å². The predicted octanol–water partition coefficient (Wildman–Crippen LogP) is 0.736. The van der Waals surface area contributed by atoms with Crippen molar-refractivity contribution in [3.63, 3.8) is 0 Å². The Kier molecular flexibility index (Phi) is 1.51. The number of hydrogen-bond donors (Lipinski definition) is 1. The molecule has 1 N–H and O–H groups in total. The van der Waals surface area contributed by atoms with Crippen molar-refractivity contribution in [3.8, 4) is 0 Å². The van der Waals surface area contributed by atoms with E-state index in [2.05, 4.69) is 10.1 Å². The number of aromatic carboxylic acids is 1. The van der Waals surface area contributed by atoms with Crippen molar-refractivity contribution in [2.24, 2.45) is 0 Å². The number of pyridine rings is 1. The molecule has 0 saturated heterocycles. The molecule has 0 aliphatic heterocycles. The molecule has 0 amide bonds. The molecule has 0 saturated carbocycles. The molecule has 2 aromatic heterocycles. The molecule has 66 valence electrons. The molecule has 0 aliphatic carbocycles. The summed E-state index contributed by atoms with van der Waals surface area (Å²) in [7, 11) is 0. The van der Waals surface area contributed by atoms with Gasteiger partial charge in [0, 0.05) is 6.20 Å². The number of carboxylic acids is 1. The summed E-state index contributed by atoms with van der Waals surface area (Å²) in [5, 5.41) is 12.4. The topological polar surface area (TPSA) is 67.5 Å². The average molecular weight is 177 g/mol. The molecular weight excluding hydrogens is 170 g/mol. The molecule has 2 rings (SSSR count). The maximum Gasteiger partial charge on any atom is 0.375 e. The lowest BCUT2D eigenvalue weighted by Crippen LogP contribution is -1.98. The van der Waals surface area contributed by atoms with Gasteiger partial charge in [0.2, 0.25) is 0 Å². The number of carboxylic acid groups (broad SMARTS) is 1. The smallest absolute Gasteiger partial charge is 0.375 e. The van der Waals surface area contributed by atoms with Crippen LogP contribution in [0.2, 0.25) is 0 Å². The first-order valence-corrected chi connectivity index (χ1v) is 3.74. The van der Waals surface area contributed by atoms with E-state index in [1.165, 1.54) is 4.52 Å². The van der Waals surface area contributed by atoms with Crippen LogP contribution >= 0.6 is 0 Å². The second-order valence-electron chi connectivity index (χ2n) is 2.70. The molecular formula is C8H7N3O2. The number of fused-ring (bicyclic) bond motifs is 1. The molecule has 0 bridgehead atoms. The SMILES string of the molecule is Cc1cccn2nc(C(=O)O)nc12. The van der Waals surface area contributed by atoms with E-state index in [0.29, 0.717) is 5.65 Å². The van der Waals surface area contributed by atoms with E-state index >= 15 is 0 Å². The largest absolute Gasteiger partial charge is 0.475 e. The maximum atomic E-state index is 10.5. The first kappa shape index (κ1) is 7.72. The molecule has 0 aliphatic rings. The van der Waals surface area contributed by atoms with Gasteiger partial charge in [0.05, 0.1) is 0 Å². The van der Waals surface area contributed by atoms with Crippen molar-refractivity contribution in [2.45, 2.75) is 6.92 Å². The van der Waals surface area contributed by atoms with Gasteiger partial charge in [-0.15, -0.1) is 5.10 Å². The van der Waals surface area contributed by atoms with Crippen molar-refractivity contribution in [1.82, 2.24) is 14.6 Å². The quantitative estimate of drug-likeness (QED) is 0.697. The van der Waals surface area contributed by atoms with E-state index in [0.717, 1.165) is 5.56 Å². The molecule has 0 fully saturated rings. The van der Waals surface area contributed by atoms with Gasteiger partial charge in [-0.2, -0.15) is 0 Å². The van der Waals surface area contributed by atoms with Gasteiger partial charge in [-0.3, -0.25) is 0 Å². The Bertz CT molecular complexity index is 475. The predicted molar refractivity (Wildman–Crippen MR) is 44.7 cm³/mol. The molecule has 0 radical (unpaired) electrons. The minimum atomic E-state index is -1.11. The molecule has 2 aromatic rings. The lowest BCUT2D eigenvalue weighted by molar-refractivity contribution is 0.0684. The molecule has 2 heterocycles. The van der Waals surface area contributed by atoms with Crippen molar-refractivity contribution >= 4 is 11.6 Å². The number of hydrogen-bond acceptors (Lipinski definition) is 3. The second kappa shape index (κ2) is 2.55. The summed E-state index contributed by atoms with van der Waals surface area (Å²) in [5.41, 5.74) is 1.49. The third-order valence-electron chi connectivity index (χ3n) is 1.75. The van der Waals surface area contributed by atoms with Gasteiger partial charge in [0.1, 0.15) is 0 Å². The van der Waals surface area contributed by atoms with Crippen LogP contribution in [0.15, 0.2) is 18.3 Å². The van der Waals surface area contributed by atoms with Crippen molar-refractivity contribution < 1.29 is 9.90 Å². The van der Waals surface area contributed by atoms with E-state index in [4.69, 9.17) is 5.11 Å². The van der Waals surface area contributed by atoms with Gasteiger partial charge in [-0.05, 0) is 18.6 Å². The van der Waals surface area contributed by atoms with Crippen LogP contribution in [0.1, 0.15) is 16.2 Å². The van der Waals surface area contributed by atoms with Crippen molar-refractivity contribution in [3.05, 3.63) is 29.7 Å². The summed E-state index contributed by atoms with van der Waals surface area (Å²) in [4.78, 5) is 14.4. The lowest BCUT2D eigenvalue weighted by Gasteiger charge is -1.92. The Morgan fingerprint density at radius 3 is 3.00 bits per heavy atom. The van der Waals surface area contributed by atoms with Gasteiger partial charge in [0.25, 0.3) is 5.82 Å². The fourth-order valence-electron chi connectivity index (χ4n) is 1.13. The summed E-state index contributed by atoms with van der Waals surface area (Å²) in [5.74, 6) is -1.28. The number of carbonyl (C=O) groups is 1. The number of nitrogens with zero attached hydrogens (tertiary/aromatic N) is 3. The van der Waals surface area contributed by atoms with Gasteiger partial charge >= 0.3 is 5.97 Å². The lowest BCUT2D eigenvalue weighted by atomic mass is 10.3. The monoisotopic (exact) mass is 177 g/mol. The summed E-state index contributed by atoms with van der Waals surface area (Å²) in [6, 6.07) is 3.65. The van der Waals surface area contributed by atoms with Crippen LogP contribution in [-0.2, 0) is 0 Å². The molecule has 5 nitrogen and oxygen atoms in total. The van der Waals surface area contributed by atoms with Gasteiger partial charge in [-0.1, -0.05) is 6.07 Å². The van der Waals surface area contributed by atoms with E-state index in [-0.39, 0.29) is 5.82 Å². The van der Waals surface area contributed by atoms with Crippen LogP contribution in [0, 0.1) is 6.92 Å². The first-order valence-electron chi connectivity index (χ1n) is 3.74. The van der Waals surface area contributed by atoms with E-state index in [1.807, 2.05) is 13.0 Å². The van der Waals surface area contributed by atoms with Crippen molar-refractivity contribution in [1.29, 1.82) is 0 Å². The summed E-state index contributed by atoms with van der Waals surface area (Å²) in [6.45, 7) is 1.86. The number of aryl methyl sites for hydroxylation is 1. The zero-order chi connectivity index (χ0) is 9.42. The van der Waals surface area contributed by atoms with Gasteiger partial charge in [-0.25, -0.2) is 14.3 Å². The van der Waals surface area contributed by atoms with Crippen molar-refractivity contribution in [2.75, 3.05) is 0 Å². The highest BCUT2D eigenvalue weighted by atomic mass is 16.4. The number of rotatable bonds is 1. The van der Waals surface area contributed by atoms with Gasteiger partial charge in [0.15, 0.2) is 5.65 Å². The minimum absolute atomic E-state index is 0.172. The third-order valence-corrected chi connectivity index (χ3v) is 1.75. The Hall–Kier alpha value is -1.91. The highest BCUT2D eigenvalue weighted by Gasteiger charge is 2.10. The number of aromatic nitrogens is 3. The summed E-state index contributed by atoms with van der Waals surface area (Å²) in [6.07, 6.45) is 1.67. The van der Waals surface area contributed by atoms with E-state index in [1.54, 1.807) is 12.3 Å². The molecule has 5 heteroatoms. The van der Waals surface area contributed by atoms with E-state index in [9.17, 15) is 4.79 Å². The standard InChI is InChI=1S/C8H7N3O2/c1-5-3-2-4-11-7(5)9-6(10-11)8(12)13/h2-4H,1H3,(H,12,13). The van der Waals surface area contributed by atoms with Crippen LogP contribution in [0.3, 0.4) is 0 Å². The van der Waals surface area contributed by atoms with E-state index < -0.39 is 5.97 Å². The average Bonchev–Trinajstić information content (AvgIpc) is 2.49. The Balaban J connectivity index is 2.75. The highest BCUT2D eigenvalue weighted by molar-refractivity contribution is 5.83. The Morgan fingerprint density at radius 2 is 2.38 bits per heavy atom. The molecule has 0 unspecified atom stereocenters. The fraction of sp³-hybridized carbons (Fsp3) is 0.125. The third kappa shape index (κ3) is 1.14. The molecule has 0 aromatic carbocycles. The zero-order valence-corrected chi connectivity index (χ0v) is 6.93. The summed E-state index contributed by atoms with van der Waals surface area (Å²) >= 11 is 0. The summed E-state index contributed by atoms with van der Waals surface area (Å²) < 4.78 is 1.46. The maximum absolute atomic E-state index is 10.5. The Labute approximate surface area is 73.6 Å².